The van der Waals surface area contributed by atoms with Crippen molar-refractivity contribution < 1.29 is 8.42 Å². The summed E-state index contributed by atoms with van der Waals surface area (Å²) in [6.45, 7) is 3.81. The maximum absolute atomic E-state index is 12.3. The Hall–Kier alpha value is -1.07. The van der Waals surface area contributed by atoms with Crippen LogP contribution in [-0.2, 0) is 16.6 Å². The molecule has 0 aliphatic heterocycles. The maximum atomic E-state index is 12.3. The number of halogens is 2. The molecule has 0 aromatic heterocycles. The molecule has 3 nitrogen and oxygen atoms in total. The van der Waals surface area contributed by atoms with Crippen molar-refractivity contribution >= 4 is 33.2 Å². The first-order chi connectivity index (χ1) is 9.79. The Morgan fingerprint density at radius 3 is 2.38 bits per heavy atom. The summed E-state index contributed by atoms with van der Waals surface area (Å²) in [6, 6.07) is 10.2. The second-order valence-electron chi connectivity index (χ2n) is 4.83. The molecule has 2 aromatic rings. The Bertz CT molecular complexity index is 773. The highest BCUT2D eigenvalue weighted by Gasteiger charge is 2.16. The molecule has 2 rings (SSSR count). The summed E-state index contributed by atoms with van der Waals surface area (Å²) in [4.78, 5) is 0.276. The molecule has 0 radical (unpaired) electrons. The highest BCUT2D eigenvalue weighted by Crippen LogP contribution is 2.22. The van der Waals surface area contributed by atoms with Gasteiger partial charge in [0.15, 0.2) is 0 Å². The van der Waals surface area contributed by atoms with Gasteiger partial charge in [-0.1, -0.05) is 47.0 Å². The normalized spacial score (nSPS) is 11.6. The Kier molecular flexibility index (Phi) is 4.94. The molecule has 0 aliphatic carbocycles. The van der Waals surface area contributed by atoms with Crippen molar-refractivity contribution in [2.75, 3.05) is 0 Å². The van der Waals surface area contributed by atoms with Gasteiger partial charge in [0.05, 0.1) is 4.90 Å². The lowest BCUT2D eigenvalue weighted by molar-refractivity contribution is 0.580. The van der Waals surface area contributed by atoms with Crippen molar-refractivity contribution in [2.45, 2.75) is 25.3 Å². The molecular weight excluding hydrogens is 329 g/mol. The van der Waals surface area contributed by atoms with E-state index in [1.165, 1.54) is 0 Å². The average Bonchev–Trinajstić information content (AvgIpc) is 2.37. The van der Waals surface area contributed by atoms with Crippen molar-refractivity contribution in [1.29, 1.82) is 0 Å². The van der Waals surface area contributed by atoms with E-state index in [0.717, 1.165) is 5.56 Å². The molecule has 1 N–H and O–H groups in total. The molecule has 0 atom stereocenters. The molecule has 21 heavy (non-hydrogen) atoms. The summed E-state index contributed by atoms with van der Waals surface area (Å²) in [7, 11) is -3.57. The average molecular weight is 344 g/mol. The van der Waals surface area contributed by atoms with Gasteiger partial charge in [0.1, 0.15) is 0 Å². The lowest BCUT2D eigenvalue weighted by Gasteiger charge is -2.11. The first-order valence-corrected chi connectivity index (χ1v) is 8.54. The lowest BCUT2D eigenvalue weighted by atomic mass is 10.2. The van der Waals surface area contributed by atoms with Crippen LogP contribution < -0.4 is 4.72 Å². The molecule has 0 fully saturated rings. The molecule has 0 heterocycles. The fourth-order valence-corrected chi connectivity index (χ4v) is 3.72. The van der Waals surface area contributed by atoms with Crippen LogP contribution in [0.3, 0.4) is 0 Å². The number of sulfonamides is 1. The minimum atomic E-state index is -3.57. The first kappa shape index (κ1) is 16.3. The molecule has 2 aromatic carbocycles. The SMILES string of the molecule is Cc1ccc(S(=O)(=O)NCc2ccc(Cl)cc2Cl)c(C)c1. The first-order valence-electron chi connectivity index (χ1n) is 6.30. The van der Waals surface area contributed by atoms with Crippen molar-refractivity contribution in [2.24, 2.45) is 0 Å². The van der Waals surface area contributed by atoms with Crippen LogP contribution in [0.4, 0.5) is 0 Å². The second kappa shape index (κ2) is 6.36. The number of hydrogen-bond donors (Lipinski definition) is 1. The predicted octanol–water partition coefficient (Wildman–Crippen LogP) is 4.09. The fraction of sp³-hybridized carbons (Fsp3) is 0.200. The second-order valence-corrected chi connectivity index (χ2v) is 7.41. The van der Waals surface area contributed by atoms with Crippen molar-refractivity contribution in [3.05, 3.63) is 63.1 Å². The van der Waals surface area contributed by atoms with E-state index < -0.39 is 10.0 Å². The Labute approximate surface area is 135 Å². The predicted molar refractivity (Wildman–Crippen MR) is 86.4 cm³/mol. The van der Waals surface area contributed by atoms with E-state index in [0.29, 0.717) is 21.2 Å². The number of aryl methyl sites for hydroxylation is 2. The summed E-state index contributed by atoms with van der Waals surface area (Å²) in [6.07, 6.45) is 0. The van der Waals surface area contributed by atoms with Crippen LogP contribution in [0.5, 0.6) is 0 Å². The van der Waals surface area contributed by atoms with Gasteiger partial charge in [0, 0.05) is 16.6 Å². The minimum Gasteiger partial charge on any atom is -0.207 e. The van der Waals surface area contributed by atoms with Gasteiger partial charge in [0.2, 0.25) is 10.0 Å². The van der Waals surface area contributed by atoms with Gasteiger partial charge in [-0.05, 0) is 43.2 Å². The van der Waals surface area contributed by atoms with Crippen LogP contribution in [0, 0.1) is 13.8 Å². The van der Waals surface area contributed by atoms with Crippen molar-refractivity contribution in [3.63, 3.8) is 0 Å². The summed E-state index contributed by atoms with van der Waals surface area (Å²) in [5, 5.41) is 0.951. The number of rotatable bonds is 4. The van der Waals surface area contributed by atoms with Gasteiger partial charge in [-0.3, -0.25) is 0 Å². The molecule has 0 saturated carbocycles. The van der Waals surface area contributed by atoms with Gasteiger partial charge in [-0.15, -0.1) is 0 Å². The van der Waals surface area contributed by atoms with Crippen molar-refractivity contribution in [3.8, 4) is 0 Å². The van der Waals surface area contributed by atoms with Crippen LogP contribution in [0.15, 0.2) is 41.3 Å². The number of benzene rings is 2. The van der Waals surface area contributed by atoms with Gasteiger partial charge in [0.25, 0.3) is 0 Å². The number of nitrogens with one attached hydrogen (secondary N) is 1. The molecule has 0 aliphatic rings. The smallest absolute Gasteiger partial charge is 0.207 e. The van der Waals surface area contributed by atoms with E-state index in [4.69, 9.17) is 23.2 Å². The summed E-state index contributed by atoms with van der Waals surface area (Å²) in [5.41, 5.74) is 2.41. The van der Waals surface area contributed by atoms with Gasteiger partial charge < -0.3 is 0 Å². The van der Waals surface area contributed by atoms with Gasteiger partial charge >= 0.3 is 0 Å². The van der Waals surface area contributed by atoms with E-state index in [1.807, 2.05) is 13.0 Å². The minimum absolute atomic E-state index is 0.117. The summed E-state index contributed by atoms with van der Waals surface area (Å²) in [5.74, 6) is 0. The van der Waals surface area contributed by atoms with E-state index >= 15 is 0 Å². The molecular formula is C15H15Cl2NO2S. The maximum Gasteiger partial charge on any atom is 0.241 e. The van der Waals surface area contributed by atoms with E-state index in [9.17, 15) is 8.42 Å². The lowest BCUT2D eigenvalue weighted by Crippen LogP contribution is -2.24. The van der Waals surface area contributed by atoms with Crippen LogP contribution in [0.1, 0.15) is 16.7 Å². The van der Waals surface area contributed by atoms with E-state index in [1.54, 1.807) is 37.3 Å². The van der Waals surface area contributed by atoms with Crippen LogP contribution in [0.25, 0.3) is 0 Å². The third-order valence-electron chi connectivity index (χ3n) is 3.09. The standard InChI is InChI=1S/C15H15Cl2NO2S/c1-10-3-6-15(11(2)7-10)21(19,20)18-9-12-4-5-13(16)8-14(12)17/h3-8,18H,9H2,1-2H3. The number of hydrogen-bond acceptors (Lipinski definition) is 2. The highest BCUT2D eigenvalue weighted by atomic mass is 35.5. The topological polar surface area (TPSA) is 46.2 Å². The quantitative estimate of drug-likeness (QED) is 0.908. The molecule has 0 amide bonds. The third-order valence-corrected chi connectivity index (χ3v) is 5.24. The molecule has 0 spiro atoms. The Morgan fingerprint density at radius 2 is 1.76 bits per heavy atom. The molecule has 0 unspecified atom stereocenters. The van der Waals surface area contributed by atoms with E-state index in [2.05, 4.69) is 4.72 Å². The Morgan fingerprint density at radius 1 is 1.05 bits per heavy atom. The third kappa shape index (κ3) is 3.98. The zero-order valence-corrected chi connectivity index (χ0v) is 14.0. The van der Waals surface area contributed by atoms with Crippen LogP contribution in [-0.4, -0.2) is 8.42 Å². The van der Waals surface area contributed by atoms with Crippen LogP contribution >= 0.6 is 23.2 Å². The van der Waals surface area contributed by atoms with Crippen molar-refractivity contribution in [1.82, 2.24) is 4.72 Å². The molecule has 6 heteroatoms. The zero-order chi connectivity index (χ0) is 15.6. The van der Waals surface area contributed by atoms with Gasteiger partial charge in [-0.25, -0.2) is 13.1 Å². The summed E-state index contributed by atoms with van der Waals surface area (Å²) < 4.78 is 27.2. The molecule has 112 valence electrons. The zero-order valence-electron chi connectivity index (χ0n) is 11.7. The largest absolute Gasteiger partial charge is 0.241 e. The summed E-state index contributed by atoms with van der Waals surface area (Å²) >= 11 is 11.9. The fourth-order valence-electron chi connectivity index (χ4n) is 2.02. The van der Waals surface area contributed by atoms with Crippen LogP contribution in [0.2, 0.25) is 10.0 Å². The highest BCUT2D eigenvalue weighted by molar-refractivity contribution is 7.89. The van der Waals surface area contributed by atoms with Gasteiger partial charge in [-0.2, -0.15) is 0 Å². The Balaban J connectivity index is 2.22. The monoisotopic (exact) mass is 343 g/mol. The molecule has 0 bridgehead atoms. The molecule has 0 saturated heterocycles. The van der Waals surface area contributed by atoms with E-state index in [-0.39, 0.29) is 11.4 Å².